The maximum atomic E-state index is 12.6. The molecule has 0 bridgehead atoms. The zero-order chi connectivity index (χ0) is 22.5. The Kier molecular flexibility index (Phi) is 7.50. The summed E-state index contributed by atoms with van der Waals surface area (Å²) in [6.45, 7) is 8.01. The number of hydrogen-bond donors (Lipinski definition) is 1. The van der Waals surface area contributed by atoms with Crippen molar-refractivity contribution in [3.63, 3.8) is 0 Å². The molecule has 0 atom stereocenters. The van der Waals surface area contributed by atoms with Crippen molar-refractivity contribution in [3.8, 4) is 11.4 Å². The molecule has 3 aromatic rings. The molecular formula is C22H26N4O3S2. The molecule has 1 aromatic carbocycles. The predicted molar refractivity (Wildman–Crippen MR) is 125 cm³/mol. The molecule has 2 heterocycles. The van der Waals surface area contributed by atoms with E-state index in [0.717, 1.165) is 27.4 Å². The van der Waals surface area contributed by atoms with E-state index in [0.29, 0.717) is 22.1 Å². The molecule has 1 N–H and O–H groups in total. The Balaban J connectivity index is 1.72. The molecule has 3 rings (SSSR count). The average molecular weight is 459 g/mol. The van der Waals surface area contributed by atoms with Gasteiger partial charge in [-0.05, 0) is 38.3 Å². The smallest absolute Gasteiger partial charge is 0.341 e. The Morgan fingerprint density at radius 3 is 2.61 bits per heavy atom. The van der Waals surface area contributed by atoms with Crippen LogP contribution in [-0.4, -0.2) is 39.0 Å². The molecule has 0 aliphatic rings. The van der Waals surface area contributed by atoms with E-state index in [1.165, 1.54) is 23.1 Å². The maximum Gasteiger partial charge on any atom is 0.341 e. The summed E-state index contributed by atoms with van der Waals surface area (Å²) < 4.78 is 7.08. The van der Waals surface area contributed by atoms with E-state index in [-0.39, 0.29) is 18.3 Å². The number of esters is 1. The molecule has 7 nitrogen and oxygen atoms in total. The SMILES string of the molecule is CCOC(=O)c1c(NC(=O)CSc2nnc(-c3ccccc3C)n2C)sc(C)c1CC. The van der Waals surface area contributed by atoms with E-state index in [2.05, 4.69) is 15.5 Å². The number of aromatic nitrogens is 3. The minimum absolute atomic E-state index is 0.153. The third-order valence-corrected chi connectivity index (χ3v) is 6.93. The molecule has 164 valence electrons. The van der Waals surface area contributed by atoms with Gasteiger partial charge in [0.15, 0.2) is 11.0 Å². The van der Waals surface area contributed by atoms with E-state index in [4.69, 9.17) is 4.74 Å². The third kappa shape index (κ3) is 4.99. The number of nitrogens with one attached hydrogen (secondary N) is 1. The van der Waals surface area contributed by atoms with Gasteiger partial charge in [0.25, 0.3) is 0 Å². The van der Waals surface area contributed by atoms with Crippen molar-refractivity contribution in [1.82, 2.24) is 14.8 Å². The van der Waals surface area contributed by atoms with Crippen LogP contribution in [0.15, 0.2) is 29.4 Å². The number of anilines is 1. The van der Waals surface area contributed by atoms with Crippen LogP contribution in [0, 0.1) is 13.8 Å². The number of amides is 1. The van der Waals surface area contributed by atoms with Gasteiger partial charge >= 0.3 is 5.97 Å². The first-order chi connectivity index (χ1) is 14.9. The van der Waals surface area contributed by atoms with Gasteiger partial charge in [-0.1, -0.05) is 43.0 Å². The predicted octanol–water partition coefficient (Wildman–Crippen LogP) is 4.63. The summed E-state index contributed by atoms with van der Waals surface area (Å²) in [5.74, 6) is 0.301. The Morgan fingerprint density at radius 2 is 1.94 bits per heavy atom. The van der Waals surface area contributed by atoms with Crippen LogP contribution in [0.25, 0.3) is 11.4 Å². The highest BCUT2D eigenvalue weighted by Gasteiger charge is 2.23. The van der Waals surface area contributed by atoms with Crippen molar-refractivity contribution < 1.29 is 14.3 Å². The number of rotatable bonds is 8. The van der Waals surface area contributed by atoms with Crippen molar-refractivity contribution >= 4 is 40.0 Å². The minimum atomic E-state index is -0.400. The zero-order valence-electron chi connectivity index (χ0n) is 18.3. The lowest BCUT2D eigenvalue weighted by atomic mass is 10.1. The number of aryl methyl sites for hydroxylation is 2. The lowest BCUT2D eigenvalue weighted by molar-refractivity contribution is -0.113. The van der Waals surface area contributed by atoms with Crippen LogP contribution in [-0.2, 0) is 23.0 Å². The van der Waals surface area contributed by atoms with E-state index < -0.39 is 5.97 Å². The fraction of sp³-hybridized carbons (Fsp3) is 0.364. The molecule has 0 aliphatic heterocycles. The molecule has 0 saturated heterocycles. The largest absolute Gasteiger partial charge is 0.462 e. The first-order valence-electron chi connectivity index (χ1n) is 10.0. The molecule has 9 heteroatoms. The number of benzene rings is 1. The van der Waals surface area contributed by atoms with Crippen molar-refractivity contribution in [1.29, 1.82) is 0 Å². The van der Waals surface area contributed by atoms with E-state index >= 15 is 0 Å². The minimum Gasteiger partial charge on any atom is -0.462 e. The van der Waals surface area contributed by atoms with E-state index in [1.807, 2.05) is 56.7 Å². The number of ether oxygens (including phenoxy) is 1. The van der Waals surface area contributed by atoms with Crippen LogP contribution in [0.2, 0.25) is 0 Å². The third-order valence-electron chi connectivity index (χ3n) is 4.85. The number of thioether (sulfide) groups is 1. The quantitative estimate of drug-likeness (QED) is 0.391. The molecule has 2 aromatic heterocycles. The van der Waals surface area contributed by atoms with Gasteiger partial charge in [-0.2, -0.15) is 0 Å². The summed E-state index contributed by atoms with van der Waals surface area (Å²) in [6.07, 6.45) is 0.696. The van der Waals surface area contributed by atoms with Gasteiger partial charge in [0.1, 0.15) is 5.00 Å². The van der Waals surface area contributed by atoms with Crippen LogP contribution in [0.3, 0.4) is 0 Å². The average Bonchev–Trinajstić information content (AvgIpc) is 3.25. The zero-order valence-corrected chi connectivity index (χ0v) is 19.9. The van der Waals surface area contributed by atoms with Gasteiger partial charge in [-0.3, -0.25) is 4.79 Å². The summed E-state index contributed by atoms with van der Waals surface area (Å²) in [6, 6.07) is 7.98. The Labute approximate surface area is 190 Å². The second kappa shape index (κ2) is 10.1. The first kappa shape index (κ1) is 23.0. The molecule has 0 fully saturated rings. The summed E-state index contributed by atoms with van der Waals surface area (Å²) in [4.78, 5) is 26.1. The summed E-state index contributed by atoms with van der Waals surface area (Å²) in [5.41, 5.74) is 3.50. The first-order valence-corrected chi connectivity index (χ1v) is 11.8. The summed E-state index contributed by atoms with van der Waals surface area (Å²) in [7, 11) is 1.89. The maximum absolute atomic E-state index is 12.6. The summed E-state index contributed by atoms with van der Waals surface area (Å²) >= 11 is 2.70. The molecule has 0 spiro atoms. The monoisotopic (exact) mass is 458 g/mol. The number of hydrogen-bond acceptors (Lipinski definition) is 7. The van der Waals surface area contributed by atoms with Crippen molar-refractivity contribution in [2.45, 2.75) is 39.3 Å². The molecule has 0 radical (unpaired) electrons. The highest BCUT2D eigenvalue weighted by Crippen LogP contribution is 2.34. The Bertz CT molecular complexity index is 1100. The van der Waals surface area contributed by atoms with E-state index in [1.54, 1.807) is 6.92 Å². The highest BCUT2D eigenvalue weighted by molar-refractivity contribution is 7.99. The number of nitrogens with zero attached hydrogens (tertiary/aromatic N) is 3. The van der Waals surface area contributed by atoms with Crippen molar-refractivity contribution in [2.24, 2.45) is 7.05 Å². The molecule has 1 amide bonds. The van der Waals surface area contributed by atoms with Crippen LogP contribution < -0.4 is 5.32 Å². The molecule has 0 saturated carbocycles. The summed E-state index contributed by atoms with van der Waals surface area (Å²) in [5, 5.41) is 12.6. The van der Waals surface area contributed by atoms with Gasteiger partial charge < -0.3 is 14.6 Å². The van der Waals surface area contributed by atoms with Gasteiger partial charge in [0, 0.05) is 17.5 Å². The van der Waals surface area contributed by atoms with Gasteiger partial charge in [-0.25, -0.2) is 4.79 Å². The Morgan fingerprint density at radius 1 is 1.19 bits per heavy atom. The van der Waals surface area contributed by atoms with Crippen LogP contribution >= 0.6 is 23.1 Å². The van der Waals surface area contributed by atoms with Crippen molar-refractivity contribution in [3.05, 3.63) is 45.8 Å². The van der Waals surface area contributed by atoms with Gasteiger partial charge in [0.05, 0.1) is 17.9 Å². The Hall–Kier alpha value is -2.65. The van der Waals surface area contributed by atoms with Crippen LogP contribution in [0.1, 0.15) is 40.2 Å². The number of thiophene rings is 1. The lowest BCUT2D eigenvalue weighted by Gasteiger charge is -2.08. The lowest BCUT2D eigenvalue weighted by Crippen LogP contribution is -2.17. The molecule has 31 heavy (non-hydrogen) atoms. The van der Waals surface area contributed by atoms with Crippen LogP contribution in [0.4, 0.5) is 5.00 Å². The van der Waals surface area contributed by atoms with E-state index in [9.17, 15) is 9.59 Å². The standard InChI is InChI=1S/C22H26N4O3S2/c1-6-15-14(4)31-20(18(15)21(28)29-7-2)23-17(27)12-30-22-25-24-19(26(22)5)16-11-9-8-10-13(16)3/h8-11H,6-7,12H2,1-5H3,(H,23,27). The fourth-order valence-corrected chi connectivity index (χ4v) is 5.16. The molecule has 0 aliphatic carbocycles. The normalized spacial score (nSPS) is 10.9. The second-order valence-electron chi connectivity index (χ2n) is 6.93. The number of carbonyl (C=O) groups is 2. The molecule has 0 unspecified atom stereocenters. The van der Waals surface area contributed by atoms with Crippen molar-refractivity contribution in [2.75, 3.05) is 17.7 Å². The second-order valence-corrected chi connectivity index (χ2v) is 9.10. The highest BCUT2D eigenvalue weighted by atomic mass is 32.2. The number of carbonyl (C=O) groups excluding carboxylic acids is 2. The van der Waals surface area contributed by atoms with Gasteiger partial charge in [0.2, 0.25) is 5.91 Å². The van der Waals surface area contributed by atoms with Crippen LogP contribution in [0.5, 0.6) is 0 Å². The topological polar surface area (TPSA) is 86.1 Å². The fourth-order valence-electron chi connectivity index (χ4n) is 3.30. The van der Waals surface area contributed by atoms with Gasteiger partial charge in [-0.15, -0.1) is 21.5 Å². The molecular weight excluding hydrogens is 432 g/mol.